The Labute approximate surface area is 147 Å². The molecule has 148 valence electrons. The Morgan fingerprint density at radius 2 is 1.69 bits per heavy atom. The molecule has 1 aromatic heterocycles. The summed E-state index contributed by atoms with van der Waals surface area (Å²) in [5, 5.41) is 70.0. The highest BCUT2D eigenvalue weighted by Crippen LogP contribution is 2.22. The summed E-state index contributed by atoms with van der Waals surface area (Å²) < 4.78 is 0. The number of aliphatic carboxylic acids is 1. The molecule has 1 amide bonds. The highest BCUT2D eigenvalue weighted by molar-refractivity contribution is 5.97. The minimum atomic E-state index is -2.20. The second kappa shape index (κ2) is 10.6. The van der Waals surface area contributed by atoms with E-state index >= 15 is 0 Å². The van der Waals surface area contributed by atoms with Crippen LogP contribution in [0.1, 0.15) is 21.6 Å². The first-order valence-electron chi connectivity index (χ1n) is 7.13. The van der Waals surface area contributed by atoms with E-state index in [1.807, 2.05) is 0 Å². The monoisotopic (exact) mass is 378 g/mol. The zero-order valence-corrected chi connectivity index (χ0v) is 13.7. The molecule has 0 radical (unpaired) electrons. The molecule has 1 rings (SSSR count). The van der Waals surface area contributed by atoms with Gasteiger partial charge in [0.1, 0.15) is 24.1 Å². The predicted octanol–water partition coefficient (Wildman–Crippen LogP) is -3.81. The quantitative estimate of drug-likeness (QED) is 0.223. The largest absolute Gasteiger partial charge is 0.505 e. The molecular weight excluding hydrogens is 356 g/mol. The molecule has 0 aliphatic carbocycles. The maximum Gasteiger partial charge on any atom is 0.335 e. The molecule has 4 atom stereocenters. The molecule has 0 fully saturated rings. The topological polar surface area (TPSA) is 235 Å². The summed E-state index contributed by atoms with van der Waals surface area (Å²) in [6.45, 7) is 0.326. The van der Waals surface area contributed by atoms with Gasteiger partial charge in [-0.25, -0.2) is 4.79 Å². The van der Waals surface area contributed by atoms with Gasteiger partial charge in [-0.1, -0.05) is 0 Å². The van der Waals surface area contributed by atoms with Gasteiger partial charge in [0.05, 0.1) is 24.5 Å². The van der Waals surface area contributed by atoms with Gasteiger partial charge in [-0.15, -0.1) is 0 Å². The van der Waals surface area contributed by atoms with Crippen molar-refractivity contribution in [2.24, 2.45) is 5.73 Å². The highest BCUT2D eigenvalue weighted by atomic mass is 16.4. The average molecular weight is 378 g/mol. The number of nitrogens with zero attached hydrogens (tertiary/aromatic N) is 1. The van der Waals surface area contributed by atoms with Crippen molar-refractivity contribution < 1.29 is 50.4 Å². The number of aromatic hydroxyl groups is 1. The normalized spacial score (nSPS) is 15.2. The molecule has 0 unspecified atom stereocenters. The molecule has 10 N–H and O–H groups in total. The van der Waals surface area contributed by atoms with E-state index in [-0.39, 0.29) is 23.5 Å². The second-order valence-electron chi connectivity index (χ2n) is 5.13. The van der Waals surface area contributed by atoms with Gasteiger partial charge in [0.2, 0.25) is 0 Å². The van der Waals surface area contributed by atoms with Gasteiger partial charge in [0.15, 0.2) is 6.10 Å². The number of aryl methyl sites for hydroxylation is 1. The van der Waals surface area contributed by atoms with E-state index in [0.29, 0.717) is 5.69 Å². The number of aromatic nitrogens is 1. The van der Waals surface area contributed by atoms with Crippen LogP contribution in [-0.2, 0) is 11.4 Å². The summed E-state index contributed by atoms with van der Waals surface area (Å²) >= 11 is 0. The Morgan fingerprint density at radius 1 is 1.15 bits per heavy atom. The van der Waals surface area contributed by atoms with E-state index in [0.717, 1.165) is 0 Å². The minimum Gasteiger partial charge on any atom is -0.505 e. The molecular formula is C14H22N2O10. The van der Waals surface area contributed by atoms with Crippen LogP contribution in [0, 0.1) is 6.92 Å². The van der Waals surface area contributed by atoms with Crippen LogP contribution in [0.2, 0.25) is 0 Å². The van der Waals surface area contributed by atoms with Crippen molar-refractivity contribution in [1.29, 1.82) is 0 Å². The molecule has 0 aliphatic heterocycles. The van der Waals surface area contributed by atoms with Gasteiger partial charge in [0, 0.05) is 11.8 Å². The van der Waals surface area contributed by atoms with Crippen molar-refractivity contribution in [1.82, 2.24) is 4.98 Å². The Morgan fingerprint density at radius 3 is 2.08 bits per heavy atom. The number of rotatable bonds is 7. The Bertz CT molecular complexity index is 624. The van der Waals surface area contributed by atoms with Crippen LogP contribution in [0.3, 0.4) is 0 Å². The lowest BCUT2D eigenvalue weighted by atomic mass is 10.0. The number of carboxylic acids is 1. The number of hydrogen-bond acceptors (Lipinski definition) is 10. The van der Waals surface area contributed by atoms with Crippen LogP contribution < -0.4 is 5.73 Å². The smallest absolute Gasteiger partial charge is 0.335 e. The van der Waals surface area contributed by atoms with Crippen molar-refractivity contribution in [2.75, 3.05) is 6.61 Å². The van der Waals surface area contributed by atoms with Crippen LogP contribution in [0.25, 0.3) is 0 Å². The number of nitrogens with two attached hydrogens (primary N) is 1. The van der Waals surface area contributed by atoms with Crippen molar-refractivity contribution in [3.8, 4) is 5.75 Å². The molecule has 12 nitrogen and oxygen atoms in total. The first-order valence-corrected chi connectivity index (χ1v) is 7.13. The number of primary amides is 1. The highest BCUT2D eigenvalue weighted by Gasteiger charge is 2.33. The summed E-state index contributed by atoms with van der Waals surface area (Å²) in [5.41, 5.74) is 5.51. The van der Waals surface area contributed by atoms with Crippen LogP contribution in [0.5, 0.6) is 5.75 Å². The summed E-state index contributed by atoms with van der Waals surface area (Å²) in [5.74, 6) is -2.76. The van der Waals surface area contributed by atoms with Crippen LogP contribution in [-0.4, -0.2) is 88.7 Å². The fourth-order valence-corrected chi connectivity index (χ4v) is 1.70. The van der Waals surface area contributed by atoms with E-state index < -0.39 is 42.9 Å². The van der Waals surface area contributed by atoms with Gasteiger partial charge in [-0.05, 0) is 6.92 Å². The summed E-state index contributed by atoms with van der Waals surface area (Å²) in [4.78, 5) is 24.7. The zero-order valence-electron chi connectivity index (χ0n) is 13.7. The Hall–Kier alpha value is -2.35. The van der Waals surface area contributed by atoms with Crippen molar-refractivity contribution in [3.63, 3.8) is 0 Å². The molecule has 26 heavy (non-hydrogen) atoms. The van der Waals surface area contributed by atoms with E-state index in [1.165, 1.54) is 6.20 Å². The third kappa shape index (κ3) is 6.18. The molecule has 12 heteroatoms. The Kier molecular flexibility index (Phi) is 9.64. The Balaban J connectivity index is 0.000000481. The van der Waals surface area contributed by atoms with E-state index in [9.17, 15) is 14.7 Å². The number of carboxylic acid groups (broad SMARTS) is 1. The standard InChI is InChI=1S/C8H10N2O3.C6H12O7/c1-4-7(12)6(8(9)13)5(3-11)2-10-4;7-1-2(8)3(9)4(10)5(11)6(12)13/h2,11-12H,3H2,1H3,(H2,9,13);2-5,7-11H,1H2,(H,12,13)/t;2-,3-,4+,5-/m.1/s1. The van der Waals surface area contributed by atoms with Gasteiger partial charge in [-0.2, -0.15) is 0 Å². The van der Waals surface area contributed by atoms with Gasteiger partial charge in [-0.3, -0.25) is 9.78 Å². The lowest BCUT2D eigenvalue weighted by Gasteiger charge is -2.23. The minimum absolute atomic E-state index is 0.0602. The van der Waals surface area contributed by atoms with Crippen LogP contribution in [0.15, 0.2) is 6.20 Å². The SMILES string of the molecule is Cc1ncc(CO)c(C(N)=O)c1O.O=C(O)[C@H](O)[C@@H](O)[C@H](O)[C@H](O)CO. The molecule has 0 saturated heterocycles. The third-order valence-electron chi connectivity index (χ3n) is 3.24. The van der Waals surface area contributed by atoms with Gasteiger partial charge in [0.25, 0.3) is 5.91 Å². The third-order valence-corrected chi connectivity index (χ3v) is 3.24. The fraction of sp³-hybridized carbons (Fsp3) is 0.500. The number of pyridine rings is 1. The summed E-state index contributed by atoms with van der Waals surface area (Å²) in [6.07, 6.45) is -6.52. The fourth-order valence-electron chi connectivity index (χ4n) is 1.70. The number of aliphatic hydroxyl groups excluding tert-OH is 6. The lowest BCUT2D eigenvalue weighted by molar-refractivity contribution is -0.164. The molecule has 1 aromatic rings. The van der Waals surface area contributed by atoms with Crippen molar-refractivity contribution in [2.45, 2.75) is 37.9 Å². The maximum absolute atomic E-state index is 10.9. The number of amides is 1. The summed E-state index contributed by atoms with van der Waals surface area (Å²) in [6, 6.07) is 0. The van der Waals surface area contributed by atoms with Gasteiger partial charge < -0.3 is 46.6 Å². The molecule has 1 heterocycles. The molecule has 0 saturated carbocycles. The summed E-state index contributed by atoms with van der Waals surface area (Å²) in [7, 11) is 0. The number of aliphatic hydroxyl groups is 6. The van der Waals surface area contributed by atoms with Crippen molar-refractivity contribution in [3.05, 3.63) is 23.0 Å². The second-order valence-corrected chi connectivity index (χ2v) is 5.13. The molecule has 0 aromatic carbocycles. The predicted molar refractivity (Wildman–Crippen MR) is 83.8 cm³/mol. The first kappa shape index (κ1) is 23.6. The number of carbonyl (C=O) groups is 2. The number of carbonyl (C=O) groups excluding carboxylic acids is 1. The molecule has 0 aliphatic rings. The molecule has 0 bridgehead atoms. The maximum atomic E-state index is 10.9. The van der Waals surface area contributed by atoms with Crippen LogP contribution >= 0.6 is 0 Å². The van der Waals surface area contributed by atoms with Gasteiger partial charge >= 0.3 is 5.97 Å². The van der Waals surface area contributed by atoms with Crippen molar-refractivity contribution >= 4 is 11.9 Å². The van der Waals surface area contributed by atoms with E-state index in [1.54, 1.807) is 6.92 Å². The lowest BCUT2D eigenvalue weighted by Crippen LogP contribution is -2.48. The number of hydrogen-bond donors (Lipinski definition) is 9. The van der Waals surface area contributed by atoms with E-state index in [2.05, 4.69) is 4.98 Å². The zero-order chi connectivity index (χ0) is 20.6. The first-order chi connectivity index (χ1) is 12.0. The average Bonchev–Trinajstić information content (AvgIpc) is 2.61. The molecule has 0 spiro atoms. The van der Waals surface area contributed by atoms with Crippen LogP contribution in [0.4, 0.5) is 0 Å². The van der Waals surface area contributed by atoms with E-state index in [4.69, 9.17) is 41.5 Å².